The number of rotatable bonds is 8. The van der Waals surface area contributed by atoms with Crippen molar-refractivity contribution < 1.29 is 32.2 Å². The highest BCUT2D eigenvalue weighted by Crippen LogP contribution is 2.33. The van der Waals surface area contributed by atoms with Crippen LogP contribution < -0.4 is 14.8 Å². The fraction of sp³-hybridized carbons (Fsp3) is 0.190. The molecule has 1 heterocycles. The maximum Gasteiger partial charge on any atom is 0.435 e. The number of nitrogens with zero attached hydrogens (tertiary/aromatic N) is 2. The Labute approximate surface area is 185 Å². The Bertz CT molecular complexity index is 1110. The van der Waals surface area contributed by atoms with E-state index >= 15 is 0 Å². The largest absolute Gasteiger partial charge is 0.497 e. The number of para-hydroxylation sites is 1. The third kappa shape index (κ3) is 5.58. The predicted octanol–water partition coefficient (Wildman–Crippen LogP) is 3.93. The minimum atomic E-state index is -4.72. The van der Waals surface area contributed by atoms with E-state index in [0.717, 1.165) is 4.68 Å². The van der Waals surface area contributed by atoms with Gasteiger partial charge in [-0.25, -0.2) is 0 Å². The Morgan fingerprint density at radius 3 is 2.44 bits per heavy atom. The summed E-state index contributed by atoms with van der Waals surface area (Å²) in [7, 11) is 1.49. The molecular formula is C21H17ClF3N3O4. The summed E-state index contributed by atoms with van der Waals surface area (Å²) in [6, 6.07) is 13.1. The van der Waals surface area contributed by atoms with Crippen molar-refractivity contribution in [1.82, 2.24) is 15.1 Å². The van der Waals surface area contributed by atoms with Gasteiger partial charge in [0.05, 0.1) is 24.4 Å². The Morgan fingerprint density at radius 1 is 1.12 bits per heavy atom. The lowest BCUT2D eigenvalue weighted by atomic mass is 10.1. The van der Waals surface area contributed by atoms with Crippen LogP contribution in [0.1, 0.15) is 16.1 Å². The van der Waals surface area contributed by atoms with Crippen molar-refractivity contribution in [3.8, 4) is 17.3 Å². The summed E-state index contributed by atoms with van der Waals surface area (Å²) in [6.45, 7) is -0.949. The quantitative estimate of drug-likeness (QED) is 0.508. The molecule has 0 spiro atoms. The molecule has 0 aliphatic heterocycles. The second-order valence-electron chi connectivity index (χ2n) is 6.45. The van der Waals surface area contributed by atoms with Crippen molar-refractivity contribution in [2.45, 2.75) is 6.18 Å². The molecule has 0 saturated carbocycles. The van der Waals surface area contributed by atoms with E-state index in [1.807, 2.05) is 0 Å². The molecule has 0 fully saturated rings. The summed E-state index contributed by atoms with van der Waals surface area (Å²) in [5.74, 6) is -0.816. The molecule has 0 unspecified atom stereocenters. The molecule has 0 aliphatic carbocycles. The fourth-order valence-corrected chi connectivity index (χ4v) is 2.87. The molecule has 1 amide bonds. The Morgan fingerprint density at radius 2 is 1.81 bits per heavy atom. The molecule has 7 nitrogen and oxygen atoms in total. The zero-order valence-electron chi connectivity index (χ0n) is 16.6. The highest BCUT2D eigenvalue weighted by atomic mass is 35.5. The van der Waals surface area contributed by atoms with E-state index in [0.29, 0.717) is 17.4 Å². The zero-order valence-corrected chi connectivity index (χ0v) is 17.4. The third-order valence-corrected chi connectivity index (χ3v) is 4.58. The van der Waals surface area contributed by atoms with Gasteiger partial charge in [0.1, 0.15) is 5.75 Å². The van der Waals surface area contributed by atoms with Crippen LogP contribution >= 0.6 is 11.6 Å². The first-order valence-corrected chi connectivity index (χ1v) is 9.55. The van der Waals surface area contributed by atoms with Crippen LogP contribution in [0.15, 0.2) is 54.6 Å². The van der Waals surface area contributed by atoms with E-state index in [2.05, 4.69) is 10.4 Å². The first kappa shape index (κ1) is 23.1. The van der Waals surface area contributed by atoms with Gasteiger partial charge < -0.3 is 14.8 Å². The van der Waals surface area contributed by atoms with Crippen LogP contribution in [0.25, 0.3) is 5.69 Å². The average Bonchev–Trinajstić information content (AvgIpc) is 3.21. The number of alkyl halides is 3. The van der Waals surface area contributed by atoms with Gasteiger partial charge in [-0.1, -0.05) is 23.7 Å². The highest BCUT2D eigenvalue weighted by Gasteiger charge is 2.36. The summed E-state index contributed by atoms with van der Waals surface area (Å²) in [6.07, 6.45) is -4.72. The summed E-state index contributed by atoms with van der Waals surface area (Å²) < 4.78 is 50.5. The number of aromatic nitrogens is 2. The number of ether oxygens (including phenoxy) is 2. The topological polar surface area (TPSA) is 82.4 Å². The number of methoxy groups -OCH3 is 1. The Kier molecular flexibility index (Phi) is 7.04. The minimum absolute atomic E-state index is 0.142. The van der Waals surface area contributed by atoms with Crippen LogP contribution in [0.4, 0.5) is 13.2 Å². The molecule has 0 bridgehead atoms. The molecule has 0 aliphatic rings. The van der Waals surface area contributed by atoms with Crippen molar-refractivity contribution in [1.29, 1.82) is 0 Å². The minimum Gasteiger partial charge on any atom is -0.497 e. The standard InChI is InChI=1S/C21H17ClF3N3O4/c1-31-14-8-6-13(7-9-14)17(29)11-26-19(30)12-32-20-10-18(21(23,24)25)27-28(20)16-5-3-2-4-15(16)22/h2-10H,11-12H2,1H3,(H,26,30). The summed E-state index contributed by atoms with van der Waals surface area (Å²) in [5.41, 5.74) is -0.698. The van der Waals surface area contributed by atoms with Crippen LogP contribution in [-0.4, -0.2) is 41.7 Å². The van der Waals surface area contributed by atoms with Crippen molar-refractivity contribution in [3.63, 3.8) is 0 Å². The van der Waals surface area contributed by atoms with Gasteiger partial charge in [0.25, 0.3) is 5.91 Å². The van der Waals surface area contributed by atoms with Crippen molar-refractivity contribution >= 4 is 23.3 Å². The van der Waals surface area contributed by atoms with E-state index in [1.165, 1.54) is 19.2 Å². The fourth-order valence-electron chi connectivity index (χ4n) is 2.65. The number of benzene rings is 2. The van der Waals surface area contributed by atoms with E-state index < -0.39 is 24.4 Å². The molecule has 168 valence electrons. The van der Waals surface area contributed by atoms with Crippen molar-refractivity contribution in [2.24, 2.45) is 0 Å². The van der Waals surface area contributed by atoms with Crippen LogP contribution in [0.3, 0.4) is 0 Å². The molecule has 0 saturated heterocycles. The predicted molar refractivity (Wildman–Crippen MR) is 109 cm³/mol. The van der Waals surface area contributed by atoms with Gasteiger partial charge in [0, 0.05) is 11.6 Å². The van der Waals surface area contributed by atoms with Crippen LogP contribution in [0, 0.1) is 0 Å². The van der Waals surface area contributed by atoms with Crippen LogP contribution in [0.5, 0.6) is 11.6 Å². The third-order valence-electron chi connectivity index (χ3n) is 4.26. The van der Waals surface area contributed by atoms with Crippen LogP contribution in [0.2, 0.25) is 5.02 Å². The van der Waals surface area contributed by atoms with Gasteiger partial charge in [-0.15, -0.1) is 0 Å². The van der Waals surface area contributed by atoms with Gasteiger partial charge >= 0.3 is 6.18 Å². The molecule has 3 rings (SSSR count). The van der Waals surface area contributed by atoms with Gasteiger partial charge in [0.2, 0.25) is 5.88 Å². The zero-order chi connectivity index (χ0) is 23.3. The Hall–Kier alpha value is -3.53. The molecule has 32 heavy (non-hydrogen) atoms. The van der Waals surface area contributed by atoms with E-state index in [1.54, 1.807) is 36.4 Å². The van der Waals surface area contributed by atoms with Gasteiger partial charge in [-0.05, 0) is 36.4 Å². The first-order chi connectivity index (χ1) is 15.2. The maximum atomic E-state index is 13.1. The lowest BCUT2D eigenvalue weighted by Crippen LogP contribution is -2.33. The number of Topliss-reactive ketones (excluding diaryl/α,β-unsaturated/α-hetero) is 1. The van der Waals surface area contributed by atoms with E-state index in [-0.39, 0.29) is 28.9 Å². The molecule has 2 aromatic carbocycles. The van der Waals surface area contributed by atoms with Gasteiger partial charge in [-0.3, -0.25) is 9.59 Å². The van der Waals surface area contributed by atoms with Crippen LogP contribution in [-0.2, 0) is 11.0 Å². The molecular weight excluding hydrogens is 451 g/mol. The summed E-state index contributed by atoms with van der Waals surface area (Å²) >= 11 is 6.06. The lowest BCUT2D eigenvalue weighted by molar-refractivity contribution is -0.141. The summed E-state index contributed by atoms with van der Waals surface area (Å²) in [4.78, 5) is 24.2. The lowest BCUT2D eigenvalue weighted by Gasteiger charge is -2.10. The smallest absolute Gasteiger partial charge is 0.435 e. The summed E-state index contributed by atoms with van der Waals surface area (Å²) in [5, 5.41) is 6.01. The highest BCUT2D eigenvalue weighted by molar-refractivity contribution is 6.32. The van der Waals surface area contributed by atoms with E-state index in [4.69, 9.17) is 21.1 Å². The molecule has 0 atom stereocenters. The van der Waals surface area contributed by atoms with E-state index in [9.17, 15) is 22.8 Å². The monoisotopic (exact) mass is 467 g/mol. The Balaban J connectivity index is 1.66. The molecule has 3 aromatic rings. The first-order valence-electron chi connectivity index (χ1n) is 9.18. The van der Waals surface area contributed by atoms with Gasteiger partial charge in [-0.2, -0.15) is 23.0 Å². The maximum absolute atomic E-state index is 13.1. The second-order valence-corrected chi connectivity index (χ2v) is 6.85. The number of nitrogens with one attached hydrogen (secondary N) is 1. The number of carbonyl (C=O) groups is 2. The average molecular weight is 468 g/mol. The van der Waals surface area contributed by atoms with Crippen molar-refractivity contribution in [3.05, 3.63) is 70.9 Å². The molecule has 1 aromatic heterocycles. The normalized spacial score (nSPS) is 11.2. The number of hydrogen-bond donors (Lipinski definition) is 1. The molecule has 11 heteroatoms. The molecule has 0 radical (unpaired) electrons. The molecule has 1 N–H and O–H groups in total. The SMILES string of the molecule is COc1ccc(C(=O)CNC(=O)COc2cc(C(F)(F)F)nn2-c2ccccc2Cl)cc1. The number of halogens is 4. The van der Waals surface area contributed by atoms with Crippen molar-refractivity contribution in [2.75, 3.05) is 20.3 Å². The van der Waals surface area contributed by atoms with Gasteiger partial charge in [0.15, 0.2) is 18.1 Å². The number of amides is 1. The number of hydrogen-bond acceptors (Lipinski definition) is 5. The number of ketones is 1. The number of carbonyl (C=O) groups excluding carboxylic acids is 2. The second kappa shape index (κ2) is 9.73.